The van der Waals surface area contributed by atoms with Crippen LogP contribution in [0.3, 0.4) is 0 Å². The molecule has 1 aromatic heterocycles. The van der Waals surface area contributed by atoms with Gasteiger partial charge in [0.15, 0.2) is 0 Å². The molecule has 4 amide bonds. The first kappa shape index (κ1) is 44.0. The number of rotatable bonds is 19. The molecule has 4 aromatic carbocycles. The molecule has 1 saturated heterocycles. The van der Waals surface area contributed by atoms with E-state index in [1.807, 2.05) is 122 Å². The monoisotopic (exact) mass is 831 g/mol. The number of hydrogen-bond donors (Lipinski definition) is 5. The molecule has 2 heterocycles. The third-order valence-corrected chi connectivity index (χ3v) is 11.8. The molecule has 60 heavy (non-hydrogen) atoms. The summed E-state index contributed by atoms with van der Waals surface area (Å²) in [5.74, 6) is -1.24. The molecule has 5 aromatic rings. The molecule has 11 nitrogen and oxygen atoms in total. The van der Waals surface area contributed by atoms with Gasteiger partial charge in [-0.25, -0.2) is 4.79 Å². The molecule has 5 N–H and O–H groups in total. The molecule has 0 bridgehead atoms. The van der Waals surface area contributed by atoms with Crippen molar-refractivity contribution < 1.29 is 29.0 Å². The van der Waals surface area contributed by atoms with E-state index >= 15 is 0 Å². The van der Waals surface area contributed by atoms with Gasteiger partial charge < -0.3 is 31.1 Å². The van der Waals surface area contributed by atoms with Crippen LogP contribution in [0.15, 0.2) is 121 Å². The highest BCUT2D eigenvalue weighted by atomic mass is 32.1. The highest BCUT2D eigenvalue weighted by molar-refractivity contribution is 7.09. The SMILES string of the molecule is CC(C)C[C@H](NC(=O)C(Cc1cccs1)NC(=O)[C@H](Cc1cccc2ccccc12)NC(=O)OCc1ccccc1)[C@@H](O)CC(=O)NC1CCN(Cc2ccccc2)CC1. The van der Waals surface area contributed by atoms with Crippen LogP contribution < -0.4 is 21.3 Å². The predicted molar refractivity (Wildman–Crippen MR) is 236 cm³/mol. The van der Waals surface area contributed by atoms with E-state index in [0.717, 1.165) is 59.3 Å². The summed E-state index contributed by atoms with van der Waals surface area (Å²) >= 11 is 1.46. The molecule has 0 radical (unpaired) electrons. The standard InChI is InChI=1S/C48H57N5O6S/c1-33(2)27-41(44(54)30-45(55)49-38-22-24-53(25-23-38)31-34-13-5-3-6-14-34)50-47(57)43(29-39-20-12-26-60-39)51-46(56)42(52-48(58)59-32-35-15-7-4-8-16-35)28-37-19-11-18-36-17-9-10-21-40(36)37/h3-21,26,33,38,41-44,54H,22-25,27-32H2,1-2H3,(H,49,55)(H,50,57)(H,51,56)(H,52,58)/t41-,42-,43?,44-/m0/s1. The van der Waals surface area contributed by atoms with Crippen LogP contribution in [0.1, 0.15) is 61.1 Å². The number of ether oxygens (including phenoxy) is 1. The Morgan fingerprint density at radius 3 is 2.10 bits per heavy atom. The van der Waals surface area contributed by atoms with Crippen molar-refractivity contribution in [3.05, 3.63) is 142 Å². The van der Waals surface area contributed by atoms with Crippen molar-refractivity contribution in [2.45, 2.75) is 95.8 Å². The predicted octanol–water partition coefficient (Wildman–Crippen LogP) is 6.53. The molecule has 0 aliphatic carbocycles. The van der Waals surface area contributed by atoms with E-state index in [1.54, 1.807) is 0 Å². The zero-order valence-corrected chi connectivity index (χ0v) is 35.2. The Kier molecular flexibility index (Phi) is 16.3. The van der Waals surface area contributed by atoms with Gasteiger partial charge in [-0.1, -0.05) is 123 Å². The number of benzene rings is 4. The van der Waals surface area contributed by atoms with Crippen LogP contribution in [-0.2, 0) is 45.1 Å². The van der Waals surface area contributed by atoms with Gasteiger partial charge in [-0.2, -0.15) is 0 Å². The van der Waals surface area contributed by atoms with Crippen LogP contribution in [0.5, 0.6) is 0 Å². The Balaban J connectivity index is 1.12. The van der Waals surface area contributed by atoms with E-state index in [1.165, 1.54) is 16.9 Å². The highest BCUT2D eigenvalue weighted by Crippen LogP contribution is 2.21. The van der Waals surface area contributed by atoms with E-state index < -0.39 is 42.1 Å². The number of aliphatic hydroxyl groups excluding tert-OH is 1. The Bertz CT molecular complexity index is 2120. The third-order valence-electron chi connectivity index (χ3n) is 10.9. The van der Waals surface area contributed by atoms with Gasteiger partial charge in [0, 0.05) is 43.4 Å². The number of nitrogens with one attached hydrogen (secondary N) is 4. The van der Waals surface area contributed by atoms with Crippen molar-refractivity contribution in [2.24, 2.45) is 5.92 Å². The van der Waals surface area contributed by atoms with Crippen molar-refractivity contribution in [1.29, 1.82) is 0 Å². The zero-order chi connectivity index (χ0) is 42.3. The molecule has 316 valence electrons. The lowest BCUT2D eigenvalue weighted by Gasteiger charge is -2.33. The Labute approximate surface area is 356 Å². The molecule has 0 saturated carbocycles. The number of aliphatic hydroxyl groups is 1. The van der Waals surface area contributed by atoms with Crippen molar-refractivity contribution >= 4 is 45.9 Å². The Morgan fingerprint density at radius 1 is 0.750 bits per heavy atom. The van der Waals surface area contributed by atoms with Gasteiger partial charge in [-0.15, -0.1) is 11.3 Å². The van der Waals surface area contributed by atoms with Gasteiger partial charge in [0.2, 0.25) is 17.7 Å². The summed E-state index contributed by atoms with van der Waals surface area (Å²) in [6, 6.07) is 34.1. The summed E-state index contributed by atoms with van der Waals surface area (Å²) in [6.45, 7) is 6.58. The Morgan fingerprint density at radius 2 is 1.40 bits per heavy atom. The molecule has 4 atom stereocenters. The van der Waals surface area contributed by atoms with Gasteiger partial charge in [-0.05, 0) is 64.1 Å². The fraction of sp³-hybridized carbons (Fsp3) is 0.375. The maximum Gasteiger partial charge on any atom is 0.408 e. The van der Waals surface area contributed by atoms with E-state index in [4.69, 9.17) is 4.74 Å². The van der Waals surface area contributed by atoms with E-state index in [9.17, 15) is 24.3 Å². The quantitative estimate of drug-likeness (QED) is 0.0636. The van der Waals surface area contributed by atoms with Crippen LogP contribution in [0.2, 0.25) is 0 Å². The average Bonchev–Trinajstić information content (AvgIpc) is 3.77. The van der Waals surface area contributed by atoms with Crippen LogP contribution in [0, 0.1) is 5.92 Å². The lowest BCUT2D eigenvalue weighted by molar-refractivity contribution is -0.131. The largest absolute Gasteiger partial charge is 0.445 e. The fourth-order valence-corrected chi connectivity index (χ4v) is 8.47. The number of hydrogen-bond acceptors (Lipinski definition) is 8. The summed E-state index contributed by atoms with van der Waals surface area (Å²) in [4.78, 5) is 58.3. The summed E-state index contributed by atoms with van der Waals surface area (Å²) in [6.07, 6.45) is 0.252. The van der Waals surface area contributed by atoms with E-state index in [-0.39, 0.29) is 43.7 Å². The second-order valence-corrected chi connectivity index (χ2v) is 17.1. The van der Waals surface area contributed by atoms with Crippen LogP contribution in [0.4, 0.5) is 4.79 Å². The first-order valence-corrected chi connectivity index (χ1v) is 21.8. The Hall–Kier alpha value is -5.56. The van der Waals surface area contributed by atoms with E-state index in [0.29, 0.717) is 6.42 Å². The fourth-order valence-electron chi connectivity index (χ4n) is 7.72. The molecule has 1 aliphatic rings. The summed E-state index contributed by atoms with van der Waals surface area (Å²) < 4.78 is 5.52. The van der Waals surface area contributed by atoms with Gasteiger partial charge in [0.1, 0.15) is 18.7 Å². The molecular formula is C48H57N5O6S. The minimum absolute atomic E-state index is 0.00584. The molecule has 12 heteroatoms. The van der Waals surface area contributed by atoms with Crippen molar-refractivity contribution in [3.63, 3.8) is 0 Å². The zero-order valence-electron chi connectivity index (χ0n) is 34.4. The number of amides is 4. The average molecular weight is 832 g/mol. The topological polar surface area (TPSA) is 149 Å². The van der Waals surface area contributed by atoms with Gasteiger partial charge in [-0.3, -0.25) is 19.3 Å². The molecular weight excluding hydrogens is 775 g/mol. The number of carbonyl (C=O) groups is 4. The number of thiophene rings is 1. The van der Waals surface area contributed by atoms with Crippen molar-refractivity contribution in [3.8, 4) is 0 Å². The van der Waals surface area contributed by atoms with E-state index in [2.05, 4.69) is 38.3 Å². The van der Waals surface area contributed by atoms with Crippen LogP contribution >= 0.6 is 11.3 Å². The number of likely N-dealkylation sites (tertiary alicyclic amines) is 1. The normalized spacial score (nSPS) is 15.4. The van der Waals surface area contributed by atoms with Crippen molar-refractivity contribution in [1.82, 2.24) is 26.2 Å². The molecule has 1 unspecified atom stereocenters. The highest BCUT2D eigenvalue weighted by Gasteiger charge is 2.32. The number of fused-ring (bicyclic) bond motifs is 1. The smallest absolute Gasteiger partial charge is 0.408 e. The summed E-state index contributed by atoms with van der Waals surface area (Å²) in [5, 5.41) is 27.1. The summed E-state index contributed by atoms with van der Waals surface area (Å²) in [7, 11) is 0. The second kappa shape index (κ2) is 22.2. The van der Waals surface area contributed by atoms with Gasteiger partial charge in [0.25, 0.3) is 0 Å². The number of alkyl carbamates (subject to hydrolysis) is 1. The summed E-state index contributed by atoms with van der Waals surface area (Å²) in [5.41, 5.74) is 2.90. The first-order valence-electron chi connectivity index (χ1n) is 20.9. The van der Waals surface area contributed by atoms with Crippen LogP contribution in [-0.4, -0.2) is 77.2 Å². The number of piperidine rings is 1. The third kappa shape index (κ3) is 13.5. The lowest BCUT2D eigenvalue weighted by atomic mass is 9.95. The maximum atomic E-state index is 14.3. The maximum absolute atomic E-state index is 14.3. The lowest BCUT2D eigenvalue weighted by Crippen LogP contribution is -2.57. The molecule has 1 fully saturated rings. The van der Waals surface area contributed by atoms with Crippen LogP contribution in [0.25, 0.3) is 10.8 Å². The molecule has 0 spiro atoms. The number of nitrogens with zero attached hydrogens (tertiary/aromatic N) is 1. The van der Waals surface area contributed by atoms with Crippen molar-refractivity contribution in [2.75, 3.05) is 13.1 Å². The minimum Gasteiger partial charge on any atom is -0.445 e. The molecule has 1 aliphatic heterocycles. The van der Waals surface area contributed by atoms with Gasteiger partial charge >= 0.3 is 6.09 Å². The number of carbonyl (C=O) groups excluding carboxylic acids is 4. The second-order valence-electron chi connectivity index (χ2n) is 16.1. The molecule has 6 rings (SSSR count). The first-order chi connectivity index (χ1) is 29.1. The van der Waals surface area contributed by atoms with Gasteiger partial charge in [0.05, 0.1) is 18.6 Å². The minimum atomic E-state index is -1.16.